The van der Waals surface area contributed by atoms with E-state index in [1.807, 2.05) is 33.0 Å². The summed E-state index contributed by atoms with van der Waals surface area (Å²) < 4.78 is 0. The van der Waals surface area contributed by atoms with Crippen molar-refractivity contribution in [3.8, 4) is 6.07 Å². The van der Waals surface area contributed by atoms with Crippen molar-refractivity contribution in [3.63, 3.8) is 0 Å². The SMILES string of the molecule is CN(C)NCCCCC(C)(C)C#N. The van der Waals surface area contributed by atoms with Crippen molar-refractivity contribution in [2.75, 3.05) is 20.6 Å². The van der Waals surface area contributed by atoms with Gasteiger partial charge in [0.2, 0.25) is 0 Å². The summed E-state index contributed by atoms with van der Waals surface area (Å²) in [5.41, 5.74) is 3.05. The Balaban J connectivity index is 3.32. The second-order valence-corrected chi connectivity index (χ2v) is 4.26. The van der Waals surface area contributed by atoms with Gasteiger partial charge in [-0.2, -0.15) is 5.26 Å². The lowest BCUT2D eigenvalue weighted by Gasteiger charge is -2.15. The van der Waals surface area contributed by atoms with E-state index >= 15 is 0 Å². The average Bonchev–Trinajstić information content (AvgIpc) is 2.03. The predicted molar refractivity (Wildman–Crippen MR) is 54.9 cm³/mol. The quantitative estimate of drug-likeness (QED) is 0.504. The maximum atomic E-state index is 8.76. The smallest absolute Gasteiger partial charge is 0.0683 e. The molecule has 0 heterocycles. The number of hydrogen-bond donors (Lipinski definition) is 1. The van der Waals surface area contributed by atoms with Crippen LogP contribution >= 0.6 is 0 Å². The molecule has 0 bridgehead atoms. The third kappa shape index (κ3) is 7.76. The van der Waals surface area contributed by atoms with Crippen molar-refractivity contribution in [2.45, 2.75) is 33.1 Å². The first-order chi connectivity index (χ1) is 5.98. The monoisotopic (exact) mass is 183 g/mol. The van der Waals surface area contributed by atoms with E-state index in [-0.39, 0.29) is 5.41 Å². The van der Waals surface area contributed by atoms with E-state index in [2.05, 4.69) is 11.5 Å². The average molecular weight is 183 g/mol. The molecule has 0 saturated carbocycles. The van der Waals surface area contributed by atoms with Crippen LogP contribution in [-0.4, -0.2) is 25.6 Å². The summed E-state index contributed by atoms with van der Waals surface area (Å²) in [6, 6.07) is 2.31. The Bertz CT molecular complexity index is 167. The molecular weight excluding hydrogens is 162 g/mol. The lowest BCUT2D eigenvalue weighted by atomic mass is 9.89. The van der Waals surface area contributed by atoms with Crippen LogP contribution < -0.4 is 5.43 Å². The maximum Gasteiger partial charge on any atom is 0.0683 e. The summed E-state index contributed by atoms with van der Waals surface area (Å²) in [7, 11) is 3.97. The van der Waals surface area contributed by atoms with Crippen LogP contribution in [0.3, 0.4) is 0 Å². The fraction of sp³-hybridized carbons (Fsp3) is 0.900. The molecule has 0 aliphatic rings. The van der Waals surface area contributed by atoms with E-state index in [1.165, 1.54) is 0 Å². The molecule has 3 heteroatoms. The topological polar surface area (TPSA) is 39.1 Å². The Kier molecular flexibility index (Phi) is 5.68. The fourth-order valence-electron chi connectivity index (χ4n) is 1.05. The minimum atomic E-state index is -0.155. The van der Waals surface area contributed by atoms with Crippen LogP contribution in [0.25, 0.3) is 0 Å². The number of rotatable bonds is 6. The lowest BCUT2D eigenvalue weighted by molar-refractivity contribution is 0.282. The zero-order valence-electron chi connectivity index (χ0n) is 9.22. The van der Waals surface area contributed by atoms with Gasteiger partial charge in [0.15, 0.2) is 0 Å². The third-order valence-corrected chi connectivity index (χ3v) is 1.96. The number of nitrogens with one attached hydrogen (secondary N) is 1. The van der Waals surface area contributed by atoms with Crippen LogP contribution in [-0.2, 0) is 0 Å². The fourth-order valence-corrected chi connectivity index (χ4v) is 1.05. The second-order valence-electron chi connectivity index (χ2n) is 4.26. The molecule has 3 nitrogen and oxygen atoms in total. The van der Waals surface area contributed by atoms with Gasteiger partial charge in [-0.15, -0.1) is 0 Å². The minimum absolute atomic E-state index is 0.155. The molecule has 0 radical (unpaired) electrons. The van der Waals surface area contributed by atoms with Gasteiger partial charge >= 0.3 is 0 Å². The van der Waals surface area contributed by atoms with Gasteiger partial charge in [-0.1, -0.05) is 6.42 Å². The molecule has 0 aliphatic carbocycles. The Morgan fingerprint density at radius 1 is 1.31 bits per heavy atom. The molecule has 0 aliphatic heterocycles. The first-order valence-corrected chi connectivity index (χ1v) is 4.80. The van der Waals surface area contributed by atoms with Crippen LogP contribution in [0, 0.1) is 16.7 Å². The minimum Gasteiger partial charge on any atom is -0.256 e. The van der Waals surface area contributed by atoms with Crippen molar-refractivity contribution in [1.82, 2.24) is 10.4 Å². The number of unbranched alkanes of at least 4 members (excludes halogenated alkanes) is 1. The first-order valence-electron chi connectivity index (χ1n) is 4.80. The van der Waals surface area contributed by atoms with E-state index in [1.54, 1.807) is 0 Å². The van der Waals surface area contributed by atoms with Crippen molar-refractivity contribution >= 4 is 0 Å². The molecule has 0 spiro atoms. The second kappa shape index (κ2) is 5.95. The van der Waals surface area contributed by atoms with Crippen molar-refractivity contribution < 1.29 is 0 Å². The molecule has 1 N–H and O–H groups in total. The van der Waals surface area contributed by atoms with Crippen molar-refractivity contribution in [1.29, 1.82) is 5.26 Å². The van der Waals surface area contributed by atoms with E-state index in [4.69, 9.17) is 5.26 Å². The summed E-state index contributed by atoms with van der Waals surface area (Å²) in [6.07, 6.45) is 3.23. The van der Waals surface area contributed by atoms with E-state index in [0.717, 1.165) is 25.8 Å². The molecule has 13 heavy (non-hydrogen) atoms. The Labute approximate surface area is 81.7 Å². The largest absolute Gasteiger partial charge is 0.256 e. The van der Waals surface area contributed by atoms with Gasteiger partial charge in [0, 0.05) is 20.6 Å². The van der Waals surface area contributed by atoms with Gasteiger partial charge in [-0.05, 0) is 26.7 Å². The highest BCUT2D eigenvalue weighted by Crippen LogP contribution is 2.21. The van der Waals surface area contributed by atoms with E-state index < -0.39 is 0 Å². The Hall–Kier alpha value is -0.590. The number of hydrogen-bond acceptors (Lipinski definition) is 3. The molecule has 0 aromatic carbocycles. The van der Waals surface area contributed by atoms with Gasteiger partial charge in [-0.25, -0.2) is 0 Å². The normalized spacial score (nSPS) is 11.7. The van der Waals surface area contributed by atoms with Gasteiger partial charge < -0.3 is 0 Å². The molecule has 0 amide bonds. The molecule has 0 unspecified atom stereocenters. The van der Waals surface area contributed by atoms with Crippen LogP contribution in [0.5, 0.6) is 0 Å². The standard InChI is InChI=1S/C10H21N3/c1-10(2,9-11)7-5-6-8-12-13(3)4/h12H,5-8H2,1-4H3. The first kappa shape index (κ1) is 12.4. The molecule has 0 rings (SSSR count). The number of hydrazine groups is 1. The molecule has 0 atom stereocenters. The molecule has 76 valence electrons. The third-order valence-electron chi connectivity index (χ3n) is 1.96. The highest BCUT2D eigenvalue weighted by molar-refractivity contribution is 4.91. The summed E-state index contributed by atoms with van der Waals surface area (Å²) in [5.74, 6) is 0. The van der Waals surface area contributed by atoms with E-state index in [0.29, 0.717) is 0 Å². The van der Waals surface area contributed by atoms with Gasteiger partial charge in [0.1, 0.15) is 0 Å². The van der Waals surface area contributed by atoms with E-state index in [9.17, 15) is 0 Å². The lowest BCUT2D eigenvalue weighted by Crippen LogP contribution is -2.31. The van der Waals surface area contributed by atoms with Gasteiger partial charge in [0.25, 0.3) is 0 Å². The summed E-state index contributed by atoms with van der Waals surface area (Å²) in [4.78, 5) is 0. The van der Waals surface area contributed by atoms with Gasteiger partial charge in [0.05, 0.1) is 11.5 Å². The Morgan fingerprint density at radius 3 is 2.38 bits per heavy atom. The molecule has 0 saturated heterocycles. The van der Waals surface area contributed by atoms with Crippen LogP contribution in [0.4, 0.5) is 0 Å². The van der Waals surface area contributed by atoms with Crippen molar-refractivity contribution in [3.05, 3.63) is 0 Å². The highest BCUT2D eigenvalue weighted by atomic mass is 15.5. The molecular formula is C10H21N3. The Morgan fingerprint density at radius 2 is 1.92 bits per heavy atom. The zero-order valence-corrected chi connectivity index (χ0v) is 9.22. The van der Waals surface area contributed by atoms with Crippen LogP contribution in [0.15, 0.2) is 0 Å². The number of nitriles is 1. The maximum absolute atomic E-state index is 8.76. The zero-order chi connectivity index (χ0) is 10.3. The number of nitrogens with zero attached hydrogens (tertiary/aromatic N) is 2. The molecule has 0 aromatic heterocycles. The van der Waals surface area contributed by atoms with Crippen molar-refractivity contribution in [2.24, 2.45) is 5.41 Å². The summed E-state index contributed by atoms with van der Waals surface area (Å²) >= 11 is 0. The predicted octanol–water partition coefficient (Wildman–Crippen LogP) is 1.77. The molecule has 0 fully saturated rings. The van der Waals surface area contributed by atoms with Crippen LogP contribution in [0.1, 0.15) is 33.1 Å². The summed E-state index contributed by atoms with van der Waals surface area (Å²) in [5, 5.41) is 10.7. The summed E-state index contributed by atoms with van der Waals surface area (Å²) in [6.45, 7) is 4.98. The van der Waals surface area contributed by atoms with Gasteiger partial charge in [-0.3, -0.25) is 10.4 Å². The molecule has 0 aromatic rings. The van der Waals surface area contributed by atoms with Crippen LogP contribution in [0.2, 0.25) is 0 Å². The highest BCUT2D eigenvalue weighted by Gasteiger charge is 2.14.